The summed E-state index contributed by atoms with van der Waals surface area (Å²) in [5.74, 6) is 0.117. The highest BCUT2D eigenvalue weighted by atomic mass is 16.2. The molecule has 0 saturated heterocycles. The molecule has 0 saturated carbocycles. The molecular weight excluding hydrogens is 310 g/mol. The first-order valence-electron chi connectivity index (χ1n) is 10.5. The number of rotatable bonds is 16. The molecule has 1 amide bonds. The second-order valence-corrected chi connectivity index (χ2v) is 7.08. The summed E-state index contributed by atoms with van der Waals surface area (Å²) in [5, 5.41) is 1.78. The summed E-state index contributed by atoms with van der Waals surface area (Å²) >= 11 is 0. The minimum Gasteiger partial charge on any atom is -0.273 e. The van der Waals surface area contributed by atoms with Gasteiger partial charge in [0, 0.05) is 6.42 Å². The van der Waals surface area contributed by atoms with Crippen LogP contribution in [0.5, 0.6) is 0 Å². The first-order chi connectivity index (χ1) is 12.3. The average Bonchev–Trinajstić information content (AvgIpc) is 3.11. The normalized spacial score (nSPS) is 13.9. The molecule has 0 fully saturated rings. The first kappa shape index (κ1) is 21.7. The van der Waals surface area contributed by atoms with Gasteiger partial charge >= 0.3 is 0 Å². The first-order valence-corrected chi connectivity index (χ1v) is 10.5. The van der Waals surface area contributed by atoms with Crippen LogP contribution in [0.15, 0.2) is 17.1 Å². The lowest BCUT2D eigenvalue weighted by atomic mass is 10.1. The number of nitrogens with one attached hydrogen (secondary N) is 1. The summed E-state index contributed by atoms with van der Waals surface area (Å²) < 4.78 is 0. The van der Waals surface area contributed by atoms with Crippen LogP contribution in [0.4, 0.5) is 0 Å². The van der Waals surface area contributed by atoms with Crippen LogP contribution in [0.25, 0.3) is 0 Å². The van der Waals surface area contributed by atoms with Crippen LogP contribution in [0.3, 0.4) is 0 Å². The molecule has 0 aromatic carbocycles. The summed E-state index contributed by atoms with van der Waals surface area (Å²) in [6.45, 7) is 3.86. The predicted molar refractivity (Wildman–Crippen MR) is 108 cm³/mol. The zero-order valence-corrected chi connectivity index (χ0v) is 16.3. The molecule has 0 spiro atoms. The van der Waals surface area contributed by atoms with Crippen molar-refractivity contribution in [2.24, 2.45) is 4.99 Å². The molecule has 1 aliphatic rings. The van der Waals surface area contributed by atoms with Crippen molar-refractivity contribution in [3.8, 4) is 0 Å². The third-order valence-corrected chi connectivity index (χ3v) is 4.62. The van der Waals surface area contributed by atoms with Gasteiger partial charge in [-0.2, -0.15) is 0 Å². The number of hydrogen-bond acceptors (Lipinski definition) is 3. The summed E-state index contributed by atoms with van der Waals surface area (Å²) in [4.78, 5) is 15.8. The summed E-state index contributed by atoms with van der Waals surface area (Å²) in [6.07, 6.45) is 23.8. The fraction of sp³-hybridized carbons (Fsp3) is 0.810. The summed E-state index contributed by atoms with van der Waals surface area (Å²) in [7, 11) is 0. The third-order valence-electron chi connectivity index (χ3n) is 4.62. The predicted octanol–water partition coefficient (Wildman–Crippen LogP) is 5.40. The second kappa shape index (κ2) is 16.2. The lowest BCUT2D eigenvalue weighted by molar-refractivity contribution is -0.124. The molecule has 0 aliphatic carbocycles. The Kier molecular flexibility index (Phi) is 14.0. The lowest BCUT2D eigenvalue weighted by Crippen LogP contribution is -2.39. The van der Waals surface area contributed by atoms with Crippen molar-refractivity contribution >= 4 is 12.2 Å². The van der Waals surface area contributed by atoms with Crippen molar-refractivity contribution in [3.05, 3.63) is 12.2 Å². The SMILES string of the molecule is CCCCCCCC/C=C\CCCCCCCC(=O)NN1C=NCC1. The van der Waals surface area contributed by atoms with Gasteiger partial charge in [0.15, 0.2) is 0 Å². The number of nitrogens with zero attached hydrogens (tertiary/aromatic N) is 2. The molecule has 4 heteroatoms. The van der Waals surface area contributed by atoms with E-state index in [4.69, 9.17) is 0 Å². The van der Waals surface area contributed by atoms with Gasteiger partial charge in [-0.1, -0.05) is 70.4 Å². The maximum atomic E-state index is 11.7. The van der Waals surface area contributed by atoms with Gasteiger partial charge in [-0.05, 0) is 32.1 Å². The van der Waals surface area contributed by atoms with Crippen molar-refractivity contribution in [3.63, 3.8) is 0 Å². The van der Waals surface area contributed by atoms with Gasteiger partial charge in [0.25, 0.3) is 0 Å². The standard InChI is InChI=1S/C21H39N3O/c1-2-3-4-5-6-7-8-9-10-11-12-13-14-15-16-17-21(25)23-24-19-18-22-20-24/h9-10,20H,2-8,11-19H2,1H3,(H,23,25)/b10-9-. The lowest BCUT2D eigenvalue weighted by Gasteiger charge is -2.14. The van der Waals surface area contributed by atoms with E-state index in [0.29, 0.717) is 6.42 Å². The number of amides is 1. The molecule has 0 aromatic heterocycles. The van der Waals surface area contributed by atoms with Gasteiger partial charge < -0.3 is 0 Å². The number of carbonyl (C=O) groups excluding carboxylic acids is 1. The molecule has 0 atom stereocenters. The number of hydrazine groups is 1. The van der Waals surface area contributed by atoms with E-state index < -0.39 is 0 Å². The van der Waals surface area contributed by atoms with Crippen LogP contribution < -0.4 is 5.43 Å². The Bertz CT molecular complexity index is 379. The van der Waals surface area contributed by atoms with Gasteiger partial charge in [0.1, 0.15) is 6.34 Å². The molecule has 1 N–H and O–H groups in total. The zero-order chi connectivity index (χ0) is 18.0. The van der Waals surface area contributed by atoms with Crippen LogP contribution in [-0.2, 0) is 4.79 Å². The van der Waals surface area contributed by atoms with E-state index in [-0.39, 0.29) is 5.91 Å². The highest BCUT2D eigenvalue weighted by Crippen LogP contribution is 2.10. The number of aliphatic imine (C=N–C) groups is 1. The third kappa shape index (κ3) is 13.6. The van der Waals surface area contributed by atoms with E-state index in [1.807, 2.05) is 0 Å². The Morgan fingerprint density at radius 2 is 1.56 bits per heavy atom. The zero-order valence-electron chi connectivity index (χ0n) is 16.3. The van der Waals surface area contributed by atoms with Gasteiger partial charge in [-0.3, -0.25) is 20.2 Å². The maximum absolute atomic E-state index is 11.7. The van der Waals surface area contributed by atoms with Crippen molar-refractivity contribution in [2.45, 2.75) is 96.8 Å². The van der Waals surface area contributed by atoms with E-state index in [1.165, 1.54) is 70.6 Å². The molecule has 0 bridgehead atoms. The molecule has 144 valence electrons. The monoisotopic (exact) mass is 349 g/mol. The van der Waals surface area contributed by atoms with Crippen molar-refractivity contribution in [2.75, 3.05) is 13.1 Å². The topological polar surface area (TPSA) is 44.7 Å². The Labute approximate surface area is 155 Å². The quantitative estimate of drug-likeness (QED) is 0.299. The van der Waals surface area contributed by atoms with Gasteiger partial charge in [0.05, 0.1) is 13.1 Å². The van der Waals surface area contributed by atoms with Crippen molar-refractivity contribution in [1.29, 1.82) is 0 Å². The number of hydrogen-bond donors (Lipinski definition) is 1. The largest absolute Gasteiger partial charge is 0.273 e. The second-order valence-electron chi connectivity index (χ2n) is 7.08. The minimum atomic E-state index is 0.117. The maximum Gasteiger partial charge on any atom is 0.238 e. The van der Waals surface area contributed by atoms with E-state index >= 15 is 0 Å². The molecule has 0 radical (unpaired) electrons. The molecule has 1 aliphatic heterocycles. The Morgan fingerprint density at radius 1 is 0.960 bits per heavy atom. The van der Waals surface area contributed by atoms with Gasteiger partial charge in [-0.15, -0.1) is 0 Å². The Morgan fingerprint density at radius 3 is 2.16 bits per heavy atom. The van der Waals surface area contributed by atoms with Crippen LogP contribution in [0.1, 0.15) is 96.8 Å². The molecule has 1 heterocycles. The van der Waals surface area contributed by atoms with Crippen molar-refractivity contribution < 1.29 is 4.79 Å². The molecule has 0 unspecified atom stereocenters. The number of allylic oxidation sites excluding steroid dienone is 2. The van der Waals surface area contributed by atoms with E-state index in [0.717, 1.165) is 25.9 Å². The minimum absolute atomic E-state index is 0.117. The van der Waals surface area contributed by atoms with E-state index in [2.05, 4.69) is 29.5 Å². The van der Waals surface area contributed by atoms with Gasteiger partial charge in [0.2, 0.25) is 5.91 Å². The molecule has 4 nitrogen and oxygen atoms in total. The Hall–Kier alpha value is -1.32. The average molecular weight is 350 g/mol. The van der Waals surface area contributed by atoms with Crippen LogP contribution >= 0.6 is 0 Å². The summed E-state index contributed by atoms with van der Waals surface area (Å²) in [6, 6.07) is 0. The molecule has 1 rings (SSSR count). The van der Waals surface area contributed by atoms with Crippen LogP contribution in [0.2, 0.25) is 0 Å². The summed E-state index contributed by atoms with van der Waals surface area (Å²) in [5.41, 5.74) is 2.86. The van der Waals surface area contributed by atoms with Gasteiger partial charge in [-0.25, -0.2) is 0 Å². The van der Waals surface area contributed by atoms with Crippen LogP contribution in [-0.4, -0.2) is 30.3 Å². The highest BCUT2D eigenvalue weighted by molar-refractivity contribution is 5.77. The van der Waals surface area contributed by atoms with E-state index in [9.17, 15) is 4.79 Å². The van der Waals surface area contributed by atoms with Crippen molar-refractivity contribution in [1.82, 2.24) is 10.4 Å². The Balaban J connectivity index is 1.77. The molecule has 0 aromatic rings. The van der Waals surface area contributed by atoms with E-state index in [1.54, 1.807) is 11.3 Å². The van der Waals surface area contributed by atoms with Crippen LogP contribution in [0, 0.1) is 0 Å². The number of carbonyl (C=O) groups is 1. The highest BCUT2D eigenvalue weighted by Gasteiger charge is 2.08. The molecular formula is C21H39N3O. The smallest absolute Gasteiger partial charge is 0.238 e. The fourth-order valence-corrected chi connectivity index (χ4v) is 3.04. The number of unbranched alkanes of at least 4 members (excludes halogenated alkanes) is 11. The molecule has 25 heavy (non-hydrogen) atoms. The fourth-order valence-electron chi connectivity index (χ4n) is 3.04.